The number of carbonyl (C=O) groups is 2. The first-order chi connectivity index (χ1) is 15.9. The van der Waals surface area contributed by atoms with Crippen LogP contribution in [0, 0.1) is 19.7 Å². The molecule has 2 amide bonds. The Morgan fingerprint density at radius 1 is 0.848 bits per heavy atom. The number of carbonyl (C=O) groups excluding carboxylic acids is 2. The Kier molecular flexibility index (Phi) is 6.27. The van der Waals surface area contributed by atoms with Gasteiger partial charge in [0.2, 0.25) is 0 Å². The largest absolute Gasteiger partial charge is 0.356 e. The van der Waals surface area contributed by atoms with Crippen LogP contribution in [0.15, 0.2) is 60.7 Å². The van der Waals surface area contributed by atoms with Crippen LogP contribution in [0.1, 0.15) is 37.5 Å². The summed E-state index contributed by atoms with van der Waals surface area (Å²) in [6, 6.07) is 17.9. The Morgan fingerprint density at radius 2 is 1.42 bits per heavy atom. The van der Waals surface area contributed by atoms with Gasteiger partial charge in [0.15, 0.2) is 0 Å². The summed E-state index contributed by atoms with van der Waals surface area (Å²) in [4.78, 5) is 27.4. The second-order valence-corrected chi connectivity index (χ2v) is 8.08. The zero-order valence-corrected chi connectivity index (χ0v) is 18.9. The van der Waals surface area contributed by atoms with Gasteiger partial charge in [0.1, 0.15) is 5.82 Å². The number of aromatic nitrogens is 1. The molecule has 0 fully saturated rings. The molecule has 3 N–H and O–H groups in total. The second kappa shape index (κ2) is 9.28. The maximum atomic E-state index is 14.1. The summed E-state index contributed by atoms with van der Waals surface area (Å²) in [6.07, 6.45) is 0.609. The SMILES string of the molecule is CNC(=O)c1ccc(-c2ccc(C(=O)NCCc3c(C)[nH]c4c(F)ccc(C)c34)cc2)cc1. The highest BCUT2D eigenvalue weighted by atomic mass is 19.1. The molecule has 0 saturated heterocycles. The average Bonchev–Trinajstić information content (AvgIpc) is 3.18. The molecule has 33 heavy (non-hydrogen) atoms. The number of benzene rings is 3. The number of nitrogens with one attached hydrogen (secondary N) is 3. The van der Waals surface area contributed by atoms with Crippen molar-refractivity contribution in [3.05, 3.63) is 94.4 Å². The Hall–Kier alpha value is -3.93. The average molecular weight is 444 g/mol. The monoisotopic (exact) mass is 443 g/mol. The number of H-pyrrole nitrogens is 1. The van der Waals surface area contributed by atoms with E-state index in [4.69, 9.17) is 0 Å². The fourth-order valence-electron chi connectivity index (χ4n) is 4.13. The van der Waals surface area contributed by atoms with Gasteiger partial charge < -0.3 is 15.6 Å². The molecule has 0 atom stereocenters. The molecule has 4 aromatic rings. The molecule has 1 heterocycles. The number of halogens is 1. The zero-order chi connectivity index (χ0) is 23.5. The predicted octanol–water partition coefficient (Wildman–Crippen LogP) is 4.92. The van der Waals surface area contributed by atoms with Gasteiger partial charge in [0.25, 0.3) is 11.8 Å². The van der Waals surface area contributed by atoms with Crippen LogP contribution in [0.4, 0.5) is 4.39 Å². The number of aromatic amines is 1. The van der Waals surface area contributed by atoms with E-state index in [0.29, 0.717) is 29.6 Å². The summed E-state index contributed by atoms with van der Waals surface area (Å²) in [5.41, 5.74) is 6.56. The third kappa shape index (κ3) is 4.51. The molecule has 0 aliphatic heterocycles. The van der Waals surface area contributed by atoms with Crippen molar-refractivity contribution >= 4 is 22.7 Å². The standard InChI is InChI=1S/C27H26FN3O2/c1-16-4-13-23(28)25-24(16)22(17(2)31-25)14-15-30-27(33)21-11-7-19(8-12-21)18-5-9-20(10-6-18)26(32)29-3/h4-13,31H,14-15H2,1-3H3,(H,29,32)(H,30,33). The predicted molar refractivity (Wildman–Crippen MR) is 129 cm³/mol. The van der Waals surface area contributed by atoms with E-state index in [-0.39, 0.29) is 17.6 Å². The van der Waals surface area contributed by atoms with Crippen LogP contribution >= 0.6 is 0 Å². The van der Waals surface area contributed by atoms with E-state index in [0.717, 1.165) is 33.3 Å². The molecular weight excluding hydrogens is 417 g/mol. The highest BCUT2D eigenvalue weighted by Crippen LogP contribution is 2.28. The van der Waals surface area contributed by atoms with Crippen molar-refractivity contribution < 1.29 is 14.0 Å². The van der Waals surface area contributed by atoms with Crippen molar-refractivity contribution in [2.75, 3.05) is 13.6 Å². The Labute approximate surface area is 192 Å². The summed E-state index contributed by atoms with van der Waals surface area (Å²) in [7, 11) is 1.60. The van der Waals surface area contributed by atoms with Crippen molar-refractivity contribution in [2.45, 2.75) is 20.3 Å². The zero-order valence-electron chi connectivity index (χ0n) is 18.9. The van der Waals surface area contributed by atoms with Crippen molar-refractivity contribution in [2.24, 2.45) is 0 Å². The van der Waals surface area contributed by atoms with Crippen LogP contribution in [0.5, 0.6) is 0 Å². The lowest BCUT2D eigenvalue weighted by Crippen LogP contribution is -2.25. The maximum absolute atomic E-state index is 14.1. The number of fused-ring (bicyclic) bond motifs is 1. The minimum Gasteiger partial charge on any atom is -0.356 e. The van der Waals surface area contributed by atoms with Gasteiger partial charge in [-0.3, -0.25) is 9.59 Å². The van der Waals surface area contributed by atoms with Crippen LogP contribution in [-0.2, 0) is 6.42 Å². The summed E-state index contributed by atoms with van der Waals surface area (Å²) in [5, 5.41) is 6.46. The lowest BCUT2D eigenvalue weighted by atomic mass is 10.0. The molecule has 0 spiro atoms. The van der Waals surface area contributed by atoms with Crippen molar-refractivity contribution in [3.8, 4) is 11.1 Å². The van der Waals surface area contributed by atoms with Gasteiger partial charge in [-0.15, -0.1) is 0 Å². The van der Waals surface area contributed by atoms with Crippen LogP contribution in [0.25, 0.3) is 22.0 Å². The molecule has 3 aromatic carbocycles. The van der Waals surface area contributed by atoms with Gasteiger partial charge in [-0.1, -0.05) is 30.3 Å². The van der Waals surface area contributed by atoms with Crippen LogP contribution < -0.4 is 10.6 Å². The third-order valence-corrected chi connectivity index (χ3v) is 5.94. The van der Waals surface area contributed by atoms with Crippen LogP contribution in [0.2, 0.25) is 0 Å². The third-order valence-electron chi connectivity index (χ3n) is 5.94. The Morgan fingerprint density at radius 3 is 2.00 bits per heavy atom. The van der Waals surface area contributed by atoms with Gasteiger partial charge in [0.05, 0.1) is 5.52 Å². The number of hydrogen-bond donors (Lipinski definition) is 3. The van der Waals surface area contributed by atoms with E-state index in [1.165, 1.54) is 6.07 Å². The quantitative estimate of drug-likeness (QED) is 0.396. The van der Waals surface area contributed by atoms with E-state index >= 15 is 0 Å². The van der Waals surface area contributed by atoms with E-state index < -0.39 is 0 Å². The molecule has 6 heteroatoms. The van der Waals surface area contributed by atoms with E-state index in [2.05, 4.69) is 15.6 Å². The lowest BCUT2D eigenvalue weighted by Gasteiger charge is -2.08. The molecule has 168 valence electrons. The molecular formula is C27H26FN3O2. The molecule has 0 aliphatic rings. The van der Waals surface area contributed by atoms with Gasteiger partial charge in [-0.25, -0.2) is 4.39 Å². The minimum absolute atomic E-state index is 0.128. The smallest absolute Gasteiger partial charge is 0.251 e. The van der Waals surface area contributed by atoms with Crippen molar-refractivity contribution in [1.29, 1.82) is 0 Å². The molecule has 0 aliphatic carbocycles. The normalized spacial score (nSPS) is 10.9. The number of aryl methyl sites for hydroxylation is 2. The Balaban J connectivity index is 1.41. The molecule has 5 nitrogen and oxygen atoms in total. The molecule has 0 radical (unpaired) electrons. The lowest BCUT2D eigenvalue weighted by molar-refractivity contribution is 0.0949. The van der Waals surface area contributed by atoms with Crippen LogP contribution in [0.3, 0.4) is 0 Å². The molecule has 4 rings (SSSR count). The first-order valence-corrected chi connectivity index (χ1v) is 10.9. The first-order valence-electron chi connectivity index (χ1n) is 10.9. The fourth-order valence-corrected chi connectivity index (χ4v) is 4.13. The minimum atomic E-state index is -0.266. The van der Waals surface area contributed by atoms with Gasteiger partial charge in [-0.05, 0) is 72.9 Å². The summed E-state index contributed by atoms with van der Waals surface area (Å²) in [6.45, 7) is 4.34. The van der Waals surface area contributed by atoms with Crippen molar-refractivity contribution in [1.82, 2.24) is 15.6 Å². The fraction of sp³-hybridized carbons (Fsp3) is 0.185. The maximum Gasteiger partial charge on any atom is 0.251 e. The number of amides is 2. The Bertz CT molecular complexity index is 1320. The topological polar surface area (TPSA) is 74.0 Å². The second-order valence-electron chi connectivity index (χ2n) is 8.08. The van der Waals surface area contributed by atoms with Gasteiger partial charge in [-0.2, -0.15) is 0 Å². The molecule has 0 saturated carbocycles. The van der Waals surface area contributed by atoms with E-state index in [1.54, 1.807) is 37.4 Å². The first kappa shape index (κ1) is 22.3. The summed E-state index contributed by atoms with van der Waals surface area (Å²) >= 11 is 0. The molecule has 0 bridgehead atoms. The number of rotatable bonds is 6. The highest BCUT2D eigenvalue weighted by Gasteiger charge is 2.14. The molecule has 1 aromatic heterocycles. The van der Waals surface area contributed by atoms with Gasteiger partial charge >= 0.3 is 0 Å². The van der Waals surface area contributed by atoms with Gasteiger partial charge in [0, 0.05) is 35.8 Å². The number of hydrogen-bond acceptors (Lipinski definition) is 2. The van der Waals surface area contributed by atoms with Crippen LogP contribution in [-0.4, -0.2) is 30.4 Å². The summed E-state index contributed by atoms with van der Waals surface area (Å²) < 4.78 is 14.1. The van der Waals surface area contributed by atoms with E-state index in [9.17, 15) is 14.0 Å². The van der Waals surface area contributed by atoms with E-state index in [1.807, 2.05) is 38.1 Å². The highest BCUT2D eigenvalue weighted by molar-refractivity contribution is 5.95. The van der Waals surface area contributed by atoms with Crippen molar-refractivity contribution in [3.63, 3.8) is 0 Å². The summed E-state index contributed by atoms with van der Waals surface area (Å²) in [5.74, 6) is -0.550. The molecule has 0 unspecified atom stereocenters.